The normalized spacial score (nSPS) is 19.5. The van der Waals surface area contributed by atoms with Gasteiger partial charge in [-0.3, -0.25) is 4.72 Å². The van der Waals surface area contributed by atoms with Gasteiger partial charge in [-0.05, 0) is 19.4 Å². The van der Waals surface area contributed by atoms with Crippen molar-refractivity contribution in [1.29, 1.82) is 0 Å². The van der Waals surface area contributed by atoms with Gasteiger partial charge in [0.15, 0.2) is 12.0 Å². The van der Waals surface area contributed by atoms with Crippen molar-refractivity contribution < 1.29 is 17.2 Å². The molecule has 0 fully saturated rings. The lowest BCUT2D eigenvalue weighted by Crippen LogP contribution is -2.44. The smallest absolute Gasteiger partial charge is 0.250 e. The average Bonchev–Trinajstić information content (AvgIpc) is 2.42. The molecule has 8 heteroatoms. The summed E-state index contributed by atoms with van der Waals surface area (Å²) in [7, 11) is -3.76. The van der Waals surface area contributed by atoms with Gasteiger partial charge in [-0.15, -0.1) is 0 Å². The SMILES string of the molecule is CC(C)N1C(NS(C)(=O)=O)=C(F)C(F)=NC1c1ccccc1. The van der Waals surface area contributed by atoms with E-state index in [0.717, 1.165) is 6.26 Å². The number of hydrogen-bond donors (Lipinski definition) is 1. The molecule has 1 atom stereocenters. The van der Waals surface area contributed by atoms with Crippen LogP contribution in [-0.4, -0.2) is 31.6 Å². The Morgan fingerprint density at radius 2 is 1.82 bits per heavy atom. The van der Waals surface area contributed by atoms with Crippen LogP contribution < -0.4 is 4.72 Å². The van der Waals surface area contributed by atoms with Gasteiger partial charge >= 0.3 is 0 Å². The van der Waals surface area contributed by atoms with Gasteiger partial charge in [0.1, 0.15) is 0 Å². The lowest BCUT2D eigenvalue weighted by atomic mass is 10.1. The largest absolute Gasteiger partial charge is 0.327 e. The molecule has 1 aliphatic rings. The van der Waals surface area contributed by atoms with E-state index in [4.69, 9.17) is 0 Å². The fourth-order valence-corrected chi connectivity index (χ4v) is 2.78. The van der Waals surface area contributed by atoms with Crippen LogP contribution in [0.3, 0.4) is 0 Å². The summed E-state index contributed by atoms with van der Waals surface area (Å²) in [5.74, 6) is -3.07. The van der Waals surface area contributed by atoms with Gasteiger partial charge < -0.3 is 4.90 Å². The Bertz CT molecular complexity index is 715. The second kappa shape index (κ2) is 6.04. The molecule has 1 aliphatic heterocycles. The van der Waals surface area contributed by atoms with Crippen molar-refractivity contribution in [1.82, 2.24) is 9.62 Å². The van der Waals surface area contributed by atoms with E-state index in [0.29, 0.717) is 5.56 Å². The van der Waals surface area contributed by atoms with E-state index < -0.39 is 33.8 Å². The minimum atomic E-state index is -3.76. The molecule has 0 spiro atoms. The number of benzene rings is 1. The zero-order valence-corrected chi connectivity index (χ0v) is 13.2. The number of halogens is 2. The Hall–Kier alpha value is -1.96. The molecule has 22 heavy (non-hydrogen) atoms. The van der Waals surface area contributed by atoms with Crippen molar-refractivity contribution in [3.05, 3.63) is 47.5 Å². The second-order valence-electron chi connectivity index (χ2n) is 5.24. The molecule has 1 heterocycles. The molecule has 5 nitrogen and oxygen atoms in total. The first-order valence-corrected chi connectivity index (χ1v) is 8.54. The van der Waals surface area contributed by atoms with Crippen molar-refractivity contribution in [2.75, 3.05) is 6.26 Å². The fourth-order valence-electron chi connectivity index (χ4n) is 2.23. The van der Waals surface area contributed by atoms with E-state index in [-0.39, 0.29) is 6.04 Å². The highest BCUT2D eigenvalue weighted by Crippen LogP contribution is 2.34. The fraction of sp³-hybridized carbons (Fsp3) is 0.357. The van der Waals surface area contributed by atoms with Crippen LogP contribution >= 0.6 is 0 Å². The molecule has 0 amide bonds. The molecule has 0 radical (unpaired) electrons. The molecule has 120 valence electrons. The maximum absolute atomic E-state index is 14.1. The van der Waals surface area contributed by atoms with Gasteiger partial charge in [-0.2, -0.15) is 8.78 Å². The van der Waals surface area contributed by atoms with Crippen LogP contribution in [0.2, 0.25) is 0 Å². The van der Waals surface area contributed by atoms with Crippen LogP contribution in [0.4, 0.5) is 8.78 Å². The third-order valence-electron chi connectivity index (χ3n) is 3.08. The number of aliphatic imine (C=N–C) groups is 1. The average molecular weight is 329 g/mol. The van der Waals surface area contributed by atoms with E-state index in [9.17, 15) is 17.2 Å². The predicted molar refractivity (Wildman–Crippen MR) is 80.8 cm³/mol. The minimum Gasteiger partial charge on any atom is -0.327 e. The highest BCUT2D eigenvalue weighted by atomic mass is 32.2. The Labute approximate surface area is 128 Å². The second-order valence-corrected chi connectivity index (χ2v) is 6.99. The first-order valence-electron chi connectivity index (χ1n) is 6.65. The summed E-state index contributed by atoms with van der Waals surface area (Å²) < 4.78 is 52.9. The first-order chi connectivity index (χ1) is 10.2. The van der Waals surface area contributed by atoms with E-state index in [2.05, 4.69) is 9.71 Å². The maximum atomic E-state index is 14.1. The maximum Gasteiger partial charge on any atom is 0.250 e. The van der Waals surface area contributed by atoms with E-state index in [1.165, 1.54) is 4.90 Å². The van der Waals surface area contributed by atoms with E-state index in [1.54, 1.807) is 44.2 Å². The number of rotatable bonds is 4. The molecule has 0 bridgehead atoms. The van der Waals surface area contributed by atoms with Crippen LogP contribution in [0.25, 0.3) is 0 Å². The number of hydrogen-bond acceptors (Lipinski definition) is 4. The highest BCUT2D eigenvalue weighted by molar-refractivity contribution is 7.88. The molecule has 1 N–H and O–H groups in total. The molecule has 2 rings (SSSR count). The van der Waals surface area contributed by atoms with Gasteiger partial charge in [0.2, 0.25) is 15.9 Å². The summed E-state index contributed by atoms with van der Waals surface area (Å²) in [5.41, 5.74) is 0.631. The van der Waals surface area contributed by atoms with Crippen molar-refractivity contribution in [2.24, 2.45) is 4.99 Å². The molecule has 1 aromatic rings. The zero-order valence-electron chi connectivity index (χ0n) is 12.4. The van der Waals surface area contributed by atoms with E-state index in [1.807, 2.05) is 0 Å². The van der Waals surface area contributed by atoms with Crippen molar-refractivity contribution in [2.45, 2.75) is 26.1 Å². The standard InChI is InChI=1S/C14H17F2N3O2S/c1-9(2)19-13(10-7-5-4-6-8-10)17-12(16)11(15)14(19)18-22(3,20)21/h4-9,13,18H,1-3H3. The van der Waals surface area contributed by atoms with Gasteiger partial charge in [-0.1, -0.05) is 30.3 Å². The highest BCUT2D eigenvalue weighted by Gasteiger charge is 2.35. The van der Waals surface area contributed by atoms with Crippen LogP contribution in [0.5, 0.6) is 0 Å². The lowest BCUT2D eigenvalue weighted by molar-refractivity contribution is 0.190. The summed E-state index contributed by atoms with van der Waals surface area (Å²) in [6.45, 7) is 3.48. The molecule has 0 saturated carbocycles. The zero-order chi connectivity index (χ0) is 16.5. The monoisotopic (exact) mass is 329 g/mol. The molecule has 0 saturated heterocycles. The molecule has 1 unspecified atom stereocenters. The van der Waals surface area contributed by atoms with Gasteiger partial charge in [0, 0.05) is 6.04 Å². The number of nitrogens with zero attached hydrogens (tertiary/aromatic N) is 2. The lowest BCUT2D eigenvalue weighted by Gasteiger charge is -2.38. The summed E-state index contributed by atoms with van der Waals surface area (Å²) in [6, 6.07) is 8.42. The molecular formula is C14H17F2N3O2S. The number of allylic oxidation sites excluding steroid dienone is 1. The topological polar surface area (TPSA) is 61.8 Å². The number of sulfonamides is 1. The van der Waals surface area contributed by atoms with E-state index >= 15 is 0 Å². The van der Waals surface area contributed by atoms with Crippen LogP contribution in [0.15, 0.2) is 47.0 Å². The van der Waals surface area contributed by atoms with Crippen molar-refractivity contribution >= 4 is 16.0 Å². The quantitative estimate of drug-likeness (QED) is 0.923. The third kappa shape index (κ3) is 3.44. The summed E-state index contributed by atoms with van der Waals surface area (Å²) in [5, 5.41) is 0. The predicted octanol–water partition coefficient (Wildman–Crippen LogP) is 2.47. The Morgan fingerprint density at radius 3 is 2.32 bits per heavy atom. The summed E-state index contributed by atoms with van der Waals surface area (Å²) in [4.78, 5) is 5.12. The molecule has 0 aromatic heterocycles. The van der Waals surface area contributed by atoms with Crippen LogP contribution in [0.1, 0.15) is 25.6 Å². The Morgan fingerprint density at radius 1 is 1.23 bits per heavy atom. The van der Waals surface area contributed by atoms with Gasteiger partial charge in [0.25, 0.3) is 5.97 Å². The minimum absolute atomic E-state index is 0.308. The van der Waals surface area contributed by atoms with Crippen LogP contribution in [0, 0.1) is 0 Å². The first kappa shape index (κ1) is 16.4. The Kier molecular flexibility index (Phi) is 4.50. The summed E-state index contributed by atoms with van der Waals surface area (Å²) in [6.07, 6.45) is 0.0393. The van der Waals surface area contributed by atoms with Crippen molar-refractivity contribution in [3.8, 4) is 0 Å². The van der Waals surface area contributed by atoms with Crippen molar-refractivity contribution in [3.63, 3.8) is 0 Å². The van der Waals surface area contributed by atoms with Crippen LogP contribution in [-0.2, 0) is 10.0 Å². The third-order valence-corrected chi connectivity index (χ3v) is 3.65. The van der Waals surface area contributed by atoms with Gasteiger partial charge in [-0.25, -0.2) is 13.4 Å². The van der Waals surface area contributed by atoms with Gasteiger partial charge in [0.05, 0.1) is 6.26 Å². The summed E-state index contributed by atoms with van der Waals surface area (Å²) >= 11 is 0. The molecular weight excluding hydrogens is 312 g/mol. The molecule has 0 aliphatic carbocycles. The number of nitrogens with one attached hydrogen (secondary N) is 1. The molecule has 1 aromatic carbocycles. The Balaban J connectivity index is 2.55.